The molecule has 0 unspecified atom stereocenters. The van der Waals surface area contributed by atoms with Crippen molar-refractivity contribution in [3.8, 4) is 5.75 Å². The first kappa shape index (κ1) is 18.6. The molecule has 1 N–H and O–H groups in total. The fourth-order valence-electron chi connectivity index (χ4n) is 2.10. The molecule has 0 aliphatic heterocycles. The van der Waals surface area contributed by atoms with Gasteiger partial charge in [0.2, 0.25) is 0 Å². The van der Waals surface area contributed by atoms with Crippen molar-refractivity contribution < 1.29 is 9.84 Å². The van der Waals surface area contributed by atoms with Crippen LogP contribution >= 0.6 is 0 Å². The van der Waals surface area contributed by atoms with Crippen LogP contribution in [0.5, 0.6) is 5.75 Å². The lowest BCUT2D eigenvalue weighted by Gasteiger charge is -2.07. The number of hydrogen-bond donors (Lipinski definition) is 1. The molecule has 3 aromatic rings. The lowest BCUT2D eigenvalue weighted by Crippen LogP contribution is -2.15. The van der Waals surface area contributed by atoms with Crippen molar-refractivity contribution in [2.24, 2.45) is 0 Å². The van der Waals surface area contributed by atoms with Gasteiger partial charge >= 0.3 is 0 Å². The Hall–Kier alpha value is -2.79. The second-order valence-corrected chi connectivity index (χ2v) is 5.13. The highest BCUT2D eigenvalue weighted by Crippen LogP contribution is 2.06. The monoisotopic (exact) mass is 333 g/mol. The van der Waals surface area contributed by atoms with Gasteiger partial charge in [-0.25, -0.2) is 4.98 Å². The minimum absolute atomic E-state index is 0.0139. The van der Waals surface area contributed by atoms with Gasteiger partial charge in [-0.1, -0.05) is 54.6 Å². The van der Waals surface area contributed by atoms with Crippen LogP contribution in [0.4, 0.5) is 0 Å². The lowest BCUT2D eigenvalue weighted by atomic mass is 9.69. The Balaban J connectivity index is 0.000000269. The van der Waals surface area contributed by atoms with Crippen LogP contribution < -0.4 is 10.2 Å². The average molecular weight is 333 g/mol. The third-order valence-electron chi connectivity index (χ3n) is 3.31. The number of imidazole rings is 1. The summed E-state index contributed by atoms with van der Waals surface area (Å²) in [6.45, 7) is 2.70. The van der Waals surface area contributed by atoms with Crippen LogP contribution in [0.15, 0.2) is 79.3 Å². The van der Waals surface area contributed by atoms with E-state index in [1.807, 2.05) is 49.3 Å². The summed E-state index contributed by atoms with van der Waals surface area (Å²) in [4.78, 5) is 3.70. The molecule has 5 heteroatoms. The van der Waals surface area contributed by atoms with E-state index in [-0.39, 0.29) is 6.73 Å². The van der Waals surface area contributed by atoms with Crippen molar-refractivity contribution in [2.45, 2.75) is 13.7 Å². The zero-order valence-corrected chi connectivity index (χ0v) is 14.3. The summed E-state index contributed by atoms with van der Waals surface area (Å²) >= 11 is 0. The van der Waals surface area contributed by atoms with Gasteiger partial charge in [-0.15, -0.1) is 5.98 Å². The van der Waals surface area contributed by atoms with Gasteiger partial charge in [0, 0.05) is 12.4 Å². The van der Waals surface area contributed by atoms with Gasteiger partial charge in [0.15, 0.2) is 7.28 Å². The maximum Gasteiger partial charge on any atom is 0.186 e. The number of aromatic nitrogens is 2. The zero-order chi connectivity index (χ0) is 17.7. The molecule has 3 rings (SSSR count). The van der Waals surface area contributed by atoms with Gasteiger partial charge in [0.05, 0.1) is 12.9 Å². The third kappa shape index (κ3) is 6.69. The van der Waals surface area contributed by atoms with Crippen LogP contribution in [0.1, 0.15) is 12.5 Å². The van der Waals surface area contributed by atoms with E-state index in [1.54, 1.807) is 23.3 Å². The summed E-state index contributed by atoms with van der Waals surface area (Å²) in [6.07, 6.45) is 6.96. The van der Waals surface area contributed by atoms with Crippen LogP contribution in [0.2, 0.25) is 0 Å². The van der Waals surface area contributed by atoms with Crippen molar-refractivity contribution in [3.63, 3.8) is 0 Å². The first-order chi connectivity index (χ1) is 12.3. The molecule has 1 aromatic heterocycles. The average Bonchev–Trinajstić information content (AvgIpc) is 3.19. The van der Waals surface area contributed by atoms with Crippen molar-refractivity contribution in [1.29, 1.82) is 0 Å². The predicted molar refractivity (Wildman–Crippen MR) is 103 cm³/mol. The van der Waals surface area contributed by atoms with Crippen LogP contribution in [-0.2, 0) is 6.73 Å². The van der Waals surface area contributed by atoms with Gasteiger partial charge in [-0.05, 0) is 24.0 Å². The molecule has 0 aliphatic rings. The molecule has 0 atom stereocenters. The van der Waals surface area contributed by atoms with Crippen LogP contribution in [0, 0.1) is 0 Å². The minimum Gasteiger partial charge on any atom is -0.494 e. The standard InChI is InChI=1S/C16H16BO.C4H6N2O/c1-2-18-16-11-7-6-10-15(16)17-13-12-14-8-4-3-5-9-14;7-4-6-2-1-5-3-6/h3-13H,2H2,1H3;1-3,7H,4H2. The van der Waals surface area contributed by atoms with Gasteiger partial charge in [-0.3, -0.25) is 0 Å². The number of ether oxygens (including phenoxy) is 1. The first-order valence-electron chi connectivity index (χ1n) is 8.18. The molecule has 127 valence electrons. The quantitative estimate of drug-likeness (QED) is 0.706. The predicted octanol–water partition coefficient (Wildman–Crippen LogP) is 2.92. The molecule has 0 saturated heterocycles. The molecule has 0 spiro atoms. The van der Waals surface area contributed by atoms with E-state index in [9.17, 15) is 0 Å². The molecule has 0 aliphatic carbocycles. The molecule has 1 radical (unpaired) electrons. The maximum absolute atomic E-state index is 8.35. The third-order valence-corrected chi connectivity index (χ3v) is 3.31. The van der Waals surface area contributed by atoms with Crippen LogP contribution in [-0.4, -0.2) is 28.5 Å². The normalized spacial score (nSPS) is 10.2. The number of benzene rings is 2. The molecule has 0 bridgehead atoms. The summed E-state index contributed by atoms with van der Waals surface area (Å²) in [5.74, 6) is 2.98. The highest BCUT2D eigenvalue weighted by Gasteiger charge is 2.00. The Kier molecular flexibility index (Phi) is 8.08. The van der Waals surface area contributed by atoms with Crippen molar-refractivity contribution in [1.82, 2.24) is 9.55 Å². The summed E-state index contributed by atoms with van der Waals surface area (Å²) in [5.41, 5.74) is 2.30. The van der Waals surface area contributed by atoms with Crippen molar-refractivity contribution in [2.75, 3.05) is 6.61 Å². The molecular weight excluding hydrogens is 311 g/mol. The number of aliphatic hydroxyl groups is 1. The number of rotatable bonds is 6. The summed E-state index contributed by atoms with van der Waals surface area (Å²) < 4.78 is 7.14. The molecule has 0 amide bonds. The van der Waals surface area contributed by atoms with Gasteiger partial charge < -0.3 is 14.4 Å². The summed E-state index contributed by atoms with van der Waals surface area (Å²) in [6, 6.07) is 18.3. The summed E-state index contributed by atoms with van der Waals surface area (Å²) in [7, 11) is 2.07. The molecule has 0 fully saturated rings. The topological polar surface area (TPSA) is 47.3 Å². The fraction of sp³-hybridized carbons (Fsp3) is 0.150. The summed E-state index contributed by atoms with van der Waals surface area (Å²) in [5, 5.41) is 8.35. The molecule has 4 nitrogen and oxygen atoms in total. The van der Waals surface area contributed by atoms with E-state index >= 15 is 0 Å². The smallest absolute Gasteiger partial charge is 0.186 e. The van der Waals surface area contributed by atoms with E-state index in [0.717, 1.165) is 11.2 Å². The first-order valence-corrected chi connectivity index (χ1v) is 8.18. The highest BCUT2D eigenvalue weighted by atomic mass is 16.5. The molecular formula is C20H22BN2O2. The van der Waals surface area contributed by atoms with Gasteiger partial charge in [0.25, 0.3) is 0 Å². The lowest BCUT2D eigenvalue weighted by molar-refractivity contribution is 0.210. The number of nitrogens with zero attached hydrogens (tertiary/aromatic N) is 2. The Morgan fingerprint density at radius 3 is 2.52 bits per heavy atom. The molecule has 25 heavy (non-hydrogen) atoms. The molecule has 1 heterocycles. The fourth-order valence-corrected chi connectivity index (χ4v) is 2.10. The maximum atomic E-state index is 8.35. The Bertz CT molecular complexity index is 743. The second kappa shape index (κ2) is 10.9. The van der Waals surface area contributed by atoms with E-state index in [4.69, 9.17) is 9.84 Å². The minimum atomic E-state index is 0.0139. The van der Waals surface area contributed by atoms with Crippen LogP contribution in [0.3, 0.4) is 0 Å². The number of aliphatic hydroxyl groups excluding tert-OH is 1. The van der Waals surface area contributed by atoms with E-state index in [0.29, 0.717) is 6.61 Å². The largest absolute Gasteiger partial charge is 0.494 e. The zero-order valence-electron chi connectivity index (χ0n) is 14.3. The van der Waals surface area contributed by atoms with Crippen molar-refractivity contribution >= 4 is 18.8 Å². The van der Waals surface area contributed by atoms with Crippen molar-refractivity contribution in [3.05, 3.63) is 84.9 Å². The SMILES string of the molecule is CCOc1ccccc1[B]C=Cc1ccccc1.OCn1ccnc1. The van der Waals surface area contributed by atoms with Gasteiger partial charge in [0.1, 0.15) is 12.5 Å². The Labute approximate surface area is 149 Å². The Morgan fingerprint density at radius 1 is 1.12 bits per heavy atom. The van der Waals surface area contributed by atoms with E-state index < -0.39 is 0 Å². The number of para-hydroxylation sites is 1. The van der Waals surface area contributed by atoms with Crippen LogP contribution in [0.25, 0.3) is 6.08 Å². The Morgan fingerprint density at radius 2 is 1.88 bits per heavy atom. The second-order valence-electron chi connectivity index (χ2n) is 5.13. The molecule has 0 saturated carbocycles. The van der Waals surface area contributed by atoms with E-state index in [2.05, 4.69) is 36.5 Å². The number of hydrogen-bond acceptors (Lipinski definition) is 3. The highest BCUT2D eigenvalue weighted by molar-refractivity contribution is 6.60. The van der Waals surface area contributed by atoms with Gasteiger partial charge in [-0.2, -0.15) is 0 Å². The molecule has 2 aromatic carbocycles. The van der Waals surface area contributed by atoms with E-state index in [1.165, 1.54) is 5.56 Å².